The Hall–Kier alpha value is -2.09. The van der Waals surface area contributed by atoms with Crippen molar-refractivity contribution in [1.29, 1.82) is 5.26 Å². The van der Waals surface area contributed by atoms with Crippen LogP contribution in [0.4, 0.5) is 11.4 Å². The summed E-state index contributed by atoms with van der Waals surface area (Å²) in [7, 11) is 0. The number of nitro benzene ring substituents is 1. The normalized spacial score (nSPS) is 11.6. The van der Waals surface area contributed by atoms with E-state index in [0.29, 0.717) is 5.92 Å². The van der Waals surface area contributed by atoms with E-state index in [-0.39, 0.29) is 11.3 Å². The van der Waals surface area contributed by atoms with Gasteiger partial charge in [0.1, 0.15) is 11.6 Å². The number of hydrogen-bond donors (Lipinski definition) is 1. The van der Waals surface area contributed by atoms with Crippen LogP contribution in [0.25, 0.3) is 0 Å². The van der Waals surface area contributed by atoms with E-state index in [9.17, 15) is 10.1 Å². The van der Waals surface area contributed by atoms with Gasteiger partial charge < -0.3 is 5.32 Å². The topological polar surface area (TPSA) is 79.0 Å². The van der Waals surface area contributed by atoms with E-state index >= 15 is 0 Å². The zero-order valence-corrected chi connectivity index (χ0v) is 9.93. The van der Waals surface area contributed by atoms with Gasteiger partial charge in [0.15, 0.2) is 0 Å². The number of benzene rings is 1. The first kappa shape index (κ1) is 13.0. The van der Waals surface area contributed by atoms with Gasteiger partial charge in [0.25, 0.3) is 5.69 Å². The Labute approximate surface area is 100 Å². The summed E-state index contributed by atoms with van der Waals surface area (Å²) in [6.45, 7) is 5.01. The minimum Gasteiger partial charge on any atom is -0.385 e. The molecule has 1 unspecified atom stereocenters. The van der Waals surface area contributed by atoms with Gasteiger partial charge in [0.05, 0.1) is 4.92 Å². The maximum atomic E-state index is 10.6. The van der Waals surface area contributed by atoms with Crippen LogP contribution in [0.15, 0.2) is 18.2 Å². The van der Waals surface area contributed by atoms with Crippen LogP contribution < -0.4 is 5.32 Å². The van der Waals surface area contributed by atoms with Crippen molar-refractivity contribution in [3.05, 3.63) is 33.9 Å². The number of nitrogens with one attached hydrogen (secondary N) is 1. The molecule has 0 aliphatic carbocycles. The van der Waals surface area contributed by atoms with Crippen molar-refractivity contribution in [3.8, 4) is 6.07 Å². The van der Waals surface area contributed by atoms with E-state index in [4.69, 9.17) is 5.26 Å². The Kier molecular flexibility index (Phi) is 4.46. The summed E-state index contributed by atoms with van der Waals surface area (Å²) in [6, 6.07) is 6.34. The van der Waals surface area contributed by atoms with E-state index in [1.807, 2.05) is 6.07 Å². The highest BCUT2D eigenvalue weighted by Gasteiger charge is 2.13. The van der Waals surface area contributed by atoms with Crippen LogP contribution in [0.2, 0.25) is 0 Å². The molecule has 1 atom stereocenters. The molecule has 0 aliphatic rings. The van der Waals surface area contributed by atoms with Crippen molar-refractivity contribution in [2.24, 2.45) is 5.92 Å². The summed E-state index contributed by atoms with van der Waals surface area (Å²) in [6.07, 6.45) is 1.06. The molecule has 90 valence electrons. The summed E-state index contributed by atoms with van der Waals surface area (Å²) in [5, 5.41) is 22.6. The molecule has 0 spiro atoms. The van der Waals surface area contributed by atoms with Crippen molar-refractivity contribution in [1.82, 2.24) is 0 Å². The van der Waals surface area contributed by atoms with Gasteiger partial charge in [-0.1, -0.05) is 20.3 Å². The molecule has 0 radical (unpaired) electrons. The standard InChI is InChI=1S/C12H15N3O2/c1-3-9(2)8-14-11-4-5-12(15(16)17)10(6-11)7-13/h4-6,9,14H,3,8H2,1-2H3. The molecule has 0 aromatic heterocycles. The van der Waals surface area contributed by atoms with E-state index in [2.05, 4.69) is 19.2 Å². The van der Waals surface area contributed by atoms with Crippen molar-refractivity contribution in [2.75, 3.05) is 11.9 Å². The number of nitriles is 1. The molecule has 1 rings (SSSR count). The molecule has 17 heavy (non-hydrogen) atoms. The van der Waals surface area contributed by atoms with Crippen molar-refractivity contribution in [2.45, 2.75) is 20.3 Å². The first-order valence-corrected chi connectivity index (χ1v) is 5.50. The molecule has 0 fully saturated rings. The Balaban J connectivity index is 2.84. The Morgan fingerprint density at radius 1 is 1.59 bits per heavy atom. The summed E-state index contributed by atoms with van der Waals surface area (Å²) < 4.78 is 0. The fraction of sp³-hybridized carbons (Fsp3) is 0.417. The molecule has 0 bridgehead atoms. The predicted molar refractivity (Wildman–Crippen MR) is 65.8 cm³/mol. The molecule has 0 saturated carbocycles. The largest absolute Gasteiger partial charge is 0.385 e. The molecule has 1 aromatic rings. The molecular weight excluding hydrogens is 218 g/mol. The SMILES string of the molecule is CCC(C)CNc1ccc([N+](=O)[O-])c(C#N)c1. The molecule has 1 aromatic carbocycles. The lowest BCUT2D eigenvalue weighted by atomic mass is 10.1. The van der Waals surface area contributed by atoms with Crippen molar-refractivity contribution >= 4 is 11.4 Å². The monoisotopic (exact) mass is 233 g/mol. The Morgan fingerprint density at radius 2 is 2.29 bits per heavy atom. The minimum atomic E-state index is -0.545. The average Bonchev–Trinajstić information content (AvgIpc) is 2.35. The Bertz CT molecular complexity index is 452. The highest BCUT2D eigenvalue weighted by molar-refractivity contribution is 5.58. The predicted octanol–water partition coefficient (Wildman–Crippen LogP) is 2.92. The van der Waals surface area contributed by atoms with Crippen molar-refractivity contribution < 1.29 is 4.92 Å². The fourth-order valence-corrected chi connectivity index (χ4v) is 1.33. The molecule has 0 heterocycles. The van der Waals surface area contributed by atoms with Crippen LogP contribution in [-0.4, -0.2) is 11.5 Å². The third kappa shape index (κ3) is 3.45. The Morgan fingerprint density at radius 3 is 2.82 bits per heavy atom. The van der Waals surface area contributed by atoms with E-state index in [1.54, 1.807) is 6.07 Å². The van der Waals surface area contributed by atoms with Gasteiger partial charge in [-0.25, -0.2) is 0 Å². The zero-order valence-electron chi connectivity index (χ0n) is 9.93. The van der Waals surface area contributed by atoms with Crippen LogP contribution >= 0.6 is 0 Å². The lowest BCUT2D eigenvalue weighted by Gasteiger charge is -2.11. The second kappa shape index (κ2) is 5.85. The second-order valence-corrected chi connectivity index (χ2v) is 4.00. The van der Waals surface area contributed by atoms with Gasteiger partial charge in [-0.05, 0) is 18.1 Å². The minimum absolute atomic E-state index is 0.0872. The molecule has 5 heteroatoms. The van der Waals surface area contributed by atoms with Crippen LogP contribution in [0, 0.1) is 27.4 Å². The van der Waals surface area contributed by atoms with Gasteiger partial charge in [0.2, 0.25) is 0 Å². The van der Waals surface area contributed by atoms with Crippen LogP contribution in [0.3, 0.4) is 0 Å². The maximum Gasteiger partial charge on any atom is 0.287 e. The highest BCUT2D eigenvalue weighted by Crippen LogP contribution is 2.22. The zero-order chi connectivity index (χ0) is 12.8. The molecule has 0 saturated heterocycles. The van der Waals surface area contributed by atoms with E-state index < -0.39 is 4.92 Å². The molecule has 0 amide bonds. The summed E-state index contributed by atoms with van der Waals surface area (Å²) >= 11 is 0. The molecule has 5 nitrogen and oxygen atoms in total. The third-order valence-electron chi connectivity index (χ3n) is 2.67. The average molecular weight is 233 g/mol. The molecular formula is C12H15N3O2. The van der Waals surface area contributed by atoms with Crippen LogP contribution in [0.5, 0.6) is 0 Å². The maximum absolute atomic E-state index is 10.6. The van der Waals surface area contributed by atoms with Gasteiger partial charge in [-0.3, -0.25) is 10.1 Å². The van der Waals surface area contributed by atoms with Crippen LogP contribution in [-0.2, 0) is 0 Å². The highest BCUT2D eigenvalue weighted by atomic mass is 16.6. The molecule has 0 aliphatic heterocycles. The summed E-state index contributed by atoms with van der Waals surface area (Å²) in [5.74, 6) is 0.524. The molecule has 1 N–H and O–H groups in total. The fourth-order valence-electron chi connectivity index (χ4n) is 1.33. The third-order valence-corrected chi connectivity index (χ3v) is 2.67. The van der Waals surface area contributed by atoms with Gasteiger partial charge in [-0.15, -0.1) is 0 Å². The lowest BCUT2D eigenvalue weighted by Crippen LogP contribution is -2.10. The lowest BCUT2D eigenvalue weighted by molar-refractivity contribution is -0.385. The number of anilines is 1. The van der Waals surface area contributed by atoms with E-state index in [1.165, 1.54) is 12.1 Å². The van der Waals surface area contributed by atoms with Gasteiger partial charge in [0, 0.05) is 18.3 Å². The van der Waals surface area contributed by atoms with Crippen LogP contribution in [0.1, 0.15) is 25.8 Å². The summed E-state index contributed by atoms with van der Waals surface area (Å²) in [4.78, 5) is 10.1. The number of hydrogen-bond acceptors (Lipinski definition) is 4. The number of rotatable bonds is 5. The first-order chi connectivity index (χ1) is 8.08. The van der Waals surface area contributed by atoms with Gasteiger partial charge >= 0.3 is 0 Å². The second-order valence-electron chi connectivity index (χ2n) is 4.00. The van der Waals surface area contributed by atoms with Gasteiger partial charge in [-0.2, -0.15) is 5.26 Å². The summed E-state index contributed by atoms with van der Waals surface area (Å²) in [5.41, 5.74) is 0.679. The van der Waals surface area contributed by atoms with E-state index in [0.717, 1.165) is 18.7 Å². The smallest absolute Gasteiger partial charge is 0.287 e. The number of nitro groups is 1. The van der Waals surface area contributed by atoms with Crippen molar-refractivity contribution in [3.63, 3.8) is 0 Å². The number of nitrogens with zero attached hydrogens (tertiary/aromatic N) is 2. The first-order valence-electron chi connectivity index (χ1n) is 5.50. The quantitative estimate of drug-likeness (QED) is 0.626.